The van der Waals surface area contributed by atoms with E-state index in [9.17, 15) is 4.79 Å². The second-order valence-electron chi connectivity index (χ2n) is 5.71. The number of oxazole rings is 1. The molecule has 0 radical (unpaired) electrons. The van der Waals surface area contributed by atoms with E-state index in [-0.39, 0.29) is 5.91 Å². The molecule has 4 nitrogen and oxygen atoms in total. The number of nitrogens with zero attached hydrogens (tertiary/aromatic N) is 1. The summed E-state index contributed by atoms with van der Waals surface area (Å²) in [6.07, 6.45) is 0. The van der Waals surface area contributed by atoms with Crippen LogP contribution in [0.15, 0.2) is 88.2 Å². The molecule has 0 aliphatic carbocycles. The SMILES string of the molecule is O=C(CSc1ccccc1)Nc1ccc(-c2nc3ccccc3o2)cc1. The molecule has 0 fully saturated rings. The second-order valence-corrected chi connectivity index (χ2v) is 6.76. The Hall–Kier alpha value is -3.05. The van der Waals surface area contributed by atoms with Gasteiger partial charge in [0.25, 0.3) is 0 Å². The van der Waals surface area contributed by atoms with Crippen molar-refractivity contribution in [2.45, 2.75) is 4.90 Å². The number of fused-ring (bicyclic) bond motifs is 1. The number of carbonyl (C=O) groups is 1. The number of hydrogen-bond donors (Lipinski definition) is 1. The van der Waals surface area contributed by atoms with Crippen LogP contribution >= 0.6 is 11.8 Å². The van der Waals surface area contributed by atoms with Crippen molar-refractivity contribution >= 4 is 34.5 Å². The average Bonchev–Trinajstić information content (AvgIpc) is 3.12. The number of carbonyl (C=O) groups excluding carboxylic acids is 1. The number of nitrogens with one attached hydrogen (secondary N) is 1. The van der Waals surface area contributed by atoms with Crippen LogP contribution < -0.4 is 5.32 Å². The molecule has 0 aliphatic heterocycles. The average molecular weight is 360 g/mol. The zero-order valence-corrected chi connectivity index (χ0v) is 14.7. The van der Waals surface area contributed by atoms with Gasteiger partial charge in [-0.1, -0.05) is 30.3 Å². The predicted molar refractivity (Wildman–Crippen MR) is 105 cm³/mol. The minimum absolute atomic E-state index is 0.0338. The smallest absolute Gasteiger partial charge is 0.234 e. The molecule has 3 aromatic carbocycles. The molecule has 26 heavy (non-hydrogen) atoms. The van der Waals surface area contributed by atoms with Crippen LogP contribution in [0.2, 0.25) is 0 Å². The Balaban J connectivity index is 1.40. The lowest BCUT2D eigenvalue weighted by Crippen LogP contribution is -2.13. The van der Waals surface area contributed by atoms with Crippen molar-refractivity contribution in [1.82, 2.24) is 4.98 Å². The molecular formula is C21H16N2O2S. The third-order valence-corrected chi connectivity index (χ3v) is 4.83. The number of para-hydroxylation sites is 2. The minimum atomic E-state index is -0.0338. The Morgan fingerprint density at radius 3 is 2.42 bits per heavy atom. The summed E-state index contributed by atoms with van der Waals surface area (Å²) in [5, 5.41) is 2.91. The number of hydrogen-bond acceptors (Lipinski definition) is 4. The molecule has 0 aliphatic rings. The molecule has 0 bridgehead atoms. The van der Waals surface area contributed by atoms with Gasteiger partial charge in [-0.3, -0.25) is 4.79 Å². The van der Waals surface area contributed by atoms with E-state index in [0.29, 0.717) is 11.6 Å². The standard InChI is InChI=1S/C21H16N2O2S/c24-20(14-26-17-6-2-1-3-7-17)22-16-12-10-15(11-13-16)21-23-18-8-4-5-9-19(18)25-21/h1-13H,14H2,(H,22,24). The van der Waals surface area contributed by atoms with Crippen molar-refractivity contribution in [1.29, 1.82) is 0 Å². The summed E-state index contributed by atoms with van der Waals surface area (Å²) < 4.78 is 5.76. The first-order valence-corrected chi connectivity index (χ1v) is 9.20. The maximum atomic E-state index is 12.1. The highest BCUT2D eigenvalue weighted by molar-refractivity contribution is 8.00. The third kappa shape index (κ3) is 3.78. The lowest BCUT2D eigenvalue weighted by Gasteiger charge is -2.05. The van der Waals surface area contributed by atoms with E-state index in [1.165, 1.54) is 11.8 Å². The zero-order valence-electron chi connectivity index (χ0n) is 13.9. The molecule has 0 atom stereocenters. The van der Waals surface area contributed by atoms with Gasteiger partial charge < -0.3 is 9.73 Å². The number of benzene rings is 3. The van der Waals surface area contributed by atoms with E-state index in [0.717, 1.165) is 27.2 Å². The van der Waals surface area contributed by atoms with E-state index in [1.54, 1.807) is 0 Å². The van der Waals surface area contributed by atoms with Crippen LogP contribution in [0.1, 0.15) is 0 Å². The van der Waals surface area contributed by atoms with Crippen molar-refractivity contribution in [3.63, 3.8) is 0 Å². The van der Waals surface area contributed by atoms with Gasteiger partial charge in [0.1, 0.15) is 5.52 Å². The molecule has 1 amide bonds. The van der Waals surface area contributed by atoms with Crippen LogP contribution in [0.25, 0.3) is 22.6 Å². The van der Waals surface area contributed by atoms with Crippen LogP contribution in [-0.2, 0) is 4.79 Å². The van der Waals surface area contributed by atoms with E-state index >= 15 is 0 Å². The van der Waals surface area contributed by atoms with Gasteiger partial charge in [0.15, 0.2) is 5.58 Å². The maximum Gasteiger partial charge on any atom is 0.234 e. The summed E-state index contributed by atoms with van der Waals surface area (Å²) in [6.45, 7) is 0. The molecule has 4 rings (SSSR count). The van der Waals surface area contributed by atoms with Gasteiger partial charge >= 0.3 is 0 Å². The summed E-state index contributed by atoms with van der Waals surface area (Å²) in [5.41, 5.74) is 3.22. The van der Waals surface area contributed by atoms with Crippen molar-refractivity contribution < 1.29 is 9.21 Å². The summed E-state index contributed by atoms with van der Waals surface area (Å²) in [4.78, 5) is 17.7. The van der Waals surface area contributed by atoms with Crippen molar-refractivity contribution in [2.24, 2.45) is 0 Å². The first-order chi connectivity index (χ1) is 12.8. The van der Waals surface area contributed by atoms with Crippen LogP contribution in [0.5, 0.6) is 0 Å². The second kappa shape index (κ2) is 7.45. The molecule has 0 unspecified atom stereocenters. The fourth-order valence-electron chi connectivity index (χ4n) is 2.55. The molecule has 128 valence electrons. The fourth-order valence-corrected chi connectivity index (χ4v) is 3.27. The topological polar surface area (TPSA) is 55.1 Å². The molecular weight excluding hydrogens is 344 g/mol. The highest BCUT2D eigenvalue weighted by Crippen LogP contribution is 2.25. The molecule has 1 N–H and O–H groups in total. The lowest BCUT2D eigenvalue weighted by atomic mass is 10.2. The van der Waals surface area contributed by atoms with Crippen molar-refractivity contribution in [3.8, 4) is 11.5 Å². The van der Waals surface area contributed by atoms with Gasteiger partial charge in [-0.15, -0.1) is 11.8 Å². The lowest BCUT2D eigenvalue weighted by molar-refractivity contribution is -0.113. The Morgan fingerprint density at radius 2 is 1.65 bits per heavy atom. The summed E-state index contributed by atoms with van der Waals surface area (Å²) in [7, 11) is 0. The van der Waals surface area contributed by atoms with Crippen molar-refractivity contribution in [3.05, 3.63) is 78.9 Å². The summed E-state index contributed by atoms with van der Waals surface area (Å²) in [6, 6.07) is 25.0. The number of rotatable bonds is 5. The van der Waals surface area contributed by atoms with Crippen molar-refractivity contribution in [2.75, 3.05) is 11.1 Å². The van der Waals surface area contributed by atoms with E-state index in [4.69, 9.17) is 4.42 Å². The fraction of sp³-hybridized carbons (Fsp3) is 0.0476. The van der Waals surface area contributed by atoms with Gasteiger partial charge in [0.2, 0.25) is 11.8 Å². The first-order valence-electron chi connectivity index (χ1n) is 8.22. The molecule has 5 heteroatoms. The van der Waals surface area contributed by atoms with Gasteiger partial charge in [0, 0.05) is 16.1 Å². The van der Waals surface area contributed by atoms with E-state index < -0.39 is 0 Å². The third-order valence-electron chi connectivity index (χ3n) is 3.82. The minimum Gasteiger partial charge on any atom is -0.436 e. The Morgan fingerprint density at radius 1 is 0.923 bits per heavy atom. The van der Waals surface area contributed by atoms with Crippen LogP contribution in [0, 0.1) is 0 Å². The molecule has 0 spiro atoms. The quantitative estimate of drug-likeness (QED) is 0.495. The van der Waals surface area contributed by atoms with Gasteiger partial charge in [-0.2, -0.15) is 0 Å². The molecule has 0 saturated carbocycles. The van der Waals surface area contributed by atoms with E-state index in [1.807, 2.05) is 78.9 Å². The highest BCUT2D eigenvalue weighted by Gasteiger charge is 2.08. The number of anilines is 1. The Labute approximate surface area is 155 Å². The Kier molecular flexibility index (Phi) is 4.71. The molecule has 1 heterocycles. The van der Waals surface area contributed by atoms with Gasteiger partial charge in [0.05, 0.1) is 5.75 Å². The highest BCUT2D eigenvalue weighted by atomic mass is 32.2. The number of amides is 1. The van der Waals surface area contributed by atoms with Crippen LogP contribution in [0.4, 0.5) is 5.69 Å². The zero-order chi connectivity index (χ0) is 17.8. The van der Waals surface area contributed by atoms with Crippen LogP contribution in [-0.4, -0.2) is 16.6 Å². The molecule has 1 aromatic heterocycles. The van der Waals surface area contributed by atoms with E-state index in [2.05, 4.69) is 10.3 Å². The monoisotopic (exact) mass is 360 g/mol. The summed E-state index contributed by atoms with van der Waals surface area (Å²) >= 11 is 1.51. The first kappa shape index (κ1) is 16.4. The van der Waals surface area contributed by atoms with Gasteiger partial charge in [-0.05, 0) is 48.5 Å². The summed E-state index contributed by atoms with van der Waals surface area (Å²) in [5.74, 6) is 0.911. The number of aromatic nitrogens is 1. The maximum absolute atomic E-state index is 12.1. The number of thioether (sulfide) groups is 1. The van der Waals surface area contributed by atoms with Gasteiger partial charge in [-0.25, -0.2) is 4.98 Å². The predicted octanol–water partition coefficient (Wildman–Crippen LogP) is 5.23. The Bertz CT molecular complexity index is 994. The molecule has 0 saturated heterocycles. The van der Waals surface area contributed by atoms with Crippen LogP contribution in [0.3, 0.4) is 0 Å². The normalized spacial score (nSPS) is 10.8. The largest absolute Gasteiger partial charge is 0.436 e. The molecule has 4 aromatic rings.